The molecule has 0 radical (unpaired) electrons. The Balaban J connectivity index is 1.85. The Morgan fingerprint density at radius 2 is 1.95 bits per heavy atom. The fourth-order valence-corrected chi connectivity index (χ4v) is 2.88. The molecule has 4 heteroatoms. The van der Waals surface area contributed by atoms with Crippen molar-refractivity contribution in [1.82, 2.24) is 5.32 Å². The van der Waals surface area contributed by atoms with E-state index in [4.69, 9.17) is 11.6 Å². The molecule has 1 aromatic carbocycles. The molecule has 1 fully saturated rings. The van der Waals surface area contributed by atoms with E-state index in [1.54, 1.807) is 12.1 Å². The van der Waals surface area contributed by atoms with Gasteiger partial charge in [0.15, 0.2) is 0 Å². The van der Waals surface area contributed by atoms with Crippen molar-refractivity contribution in [2.45, 2.75) is 57.5 Å². The van der Waals surface area contributed by atoms with Crippen LogP contribution >= 0.6 is 11.6 Å². The minimum Gasteiger partial charge on any atom is -0.325 e. The molecule has 1 amide bonds. The van der Waals surface area contributed by atoms with Crippen LogP contribution in [0.3, 0.4) is 0 Å². The zero-order chi connectivity index (χ0) is 14.4. The predicted octanol–water partition coefficient (Wildman–Crippen LogP) is 3.98. The van der Waals surface area contributed by atoms with E-state index in [1.165, 1.54) is 38.5 Å². The van der Waals surface area contributed by atoms with Crippen molar-refractivity contribution in [3.8, 4) is 0 Å². The summed E-state index contributed by atoms with van der Waals surface area (Å²) in [7, 11) is 0. The summed E-state index contributed by atoms with van der Waals surface area (Å²) in [6.07, 6.45) is 7.52. The maximum Gasteiger partial charge on any atom is 0.241 e. The quantitative estimate of drug-likeness (QED) is 0.825. The maximum atomic E-state index is 12.2. The van der Waals surface area contributed by atoms with E-state index in [2.05, 4.69) is 10.6 Å². The third kappa shape index (κ3) is 4.80. The first-order chi connectivity index (χ1) is 9.65. The molecule has 1 aliphatic rings. The summed E-state index contributed by atoms with van der Waals surface area (Å²) < 4.78 is 0. The van der Waals surface area contributed by atoms with Gasteiger partial charge < -0.3 is 10.6 Å². The van der Waals surface area contributed by atoms with Crippen LogP contribution in [-0.2, 0) is 4.79 Å². The largest absolute Gasteiger partial charge is 0.325 e. The predicted molar refractivity (Wildman–Crippen MR) is 84.2 cm³/mol. The minimum atomic E-state index is -0.183. The summed E-state index contributed by atoms with van der Waals surface area (Å²) in [5, 5.41) is 6.98. The zero-order valence-electron chi connectivity index (χ0n) is 12.0. The van der Waals surface area contributed by atoms with E-state index in [-0.39, 0.29) is 11.9 Å². The monoisotopic (exact) mass is 294 g/mol. The van der Waals surface area contributed by atoms with Crippen LogP contribution in [0.15, 0.2) is 24.3 Å². The summed E-state index contributed by atoms with van der Waals surface area (Å²) in [4.78, 5) is 12.2. The Labute approximate surface area is 126 Å². The van der Waals surface area contributed by atoms with Crippen molar-refractivity contribution in [3.05, 3.63) is 29.3 Å². The lowest BCUT2D eigenvalue weighted by Crippen LogP contribution is -2.43. The molecule has 2 rings (SSSR count). The summed E-state index contributed by atoms with van der Waals surface area (Å²) in [6.45, 7) is 1.92. The van der Waals surface area contributed by atoms with E-state index < -0.39 is 0 Å². The van der Waals surface area contributed by atoms with E-state index in [0.717, 1.165) is 5.69 Å². The molecule has 0 aromatic heterocycles. The molecule has 0 aliphatic heterocycles. The number of benzene rings is 1. The van der Waals surface area contributed by atoms with Gasteiger partial charge in [-0.05, 0) is 38.0 Å². The van der Waals surface area contributed by atoms with Gasteiger partial charge in [0, 0.05) is 16.8 Å². The van der Waals surface area contributed by atoms with Gasteiger partial charge in [0.1, 0.15) is 0 Å². The van der Waals surface area contributed by atoms with E-state index in [9.17, 15) is 4.79 Å². The number of halogens is 1. The molecule has 0 spiro atoms. The number of carbonyl (C=O) groups is 1. The molecular formula is C16H23ClN2O. The van der Waals surface area contributed by atoms with Gasteiger partial charge in [-0.25, -0.2) is 0 Å². The molecule has 0 heterocycles. The SMILES string of the molecule is C[C@H](NC1CCCCCC1)C(=O)Nc1cccc(Cl)c1. The number of hydrogen-bond donors (Lipinski definition) is 2. The maximum absolute atomic E-state index is 12.2. The lowest BCUT2D eigenvalue weighted by molar-refractivity contribution is -0.118. The number of nitrogens with one attached hydrogen (secondary N) is 2. The molecular weight excluding hydrogens is 272 g/mol. The summed E-state index contributed by atoms with van der Waals surface area (Å²) in [5.74, 6) is -0.00323. The third-order valence-corrected chi connectivity index (χ3v) is 4.06. The van der Waals surface area contributed by atoms with Crippen LogP contribution in [0.1, 0.15) is 45.4 Å². The first-order valence-corrected chi connectivity index (χ1v) is 7.85. The third-order valence-electron chi connectivity index (χ3n) is 3.83. The smallest absolute Gasteiger partial charge is 0.241 e. The fraction of sp³-hybridized carbons (Fsp3) is 0.562. The molecule has 2 N–H and O–H groups in total. The molecule has 110 valence electrons. The topological polar surface area (TPSA) is 41.1 Å². The molecule has 20 heavy (non-hydrogen) atoms. The van der Waals surface area contributed by atoms with Crippen molar-refractivity contribution in [2.24, 2.45) is 0 Å². The van der Waals surface area contributed by atoms with E-state index in [1.807, 2.05) is 19.1 Å². The summed E-state index contributed by atoms with van der Waals surface area (Å²) >= 11 is 5.91. The second kappa shape index (κ2) is 7.65. The Bertz CT molecular complexity index is 442. The number of amides is 1. The van der Waals surface area contributed by atoms with Crippen LogP contribution in [-0.4, -0.2) is 18.0 Å². The van der Waals surface area contributed by atoms with Crippen molar-refractivity contribution >= 4 is 23.2 Å². The first kappa shape index (κ1) is 15.3. The highest BCUT2D eigenvalue weighted by atomic mass is 35.5. The first-order valence-electron chi connectivity index (χ1n) is 7.47. The Hall–Kier alpha value is -1.06. The second-order valence-electron chi connectivity index (χ2n) is 5.58. The molecule has 1 aliphatic carbocycles. The lowest BCUT2D eigenvalue weighted by Gasteiger charge is -2.21. The van der Waals surface area contributed by atoms with Crippen LogP contribution in [0, 0.1) is 0 Å². The second-order valence-corrected chi connectivity index (χ2v) is 6.01. The van der Waals surface area contributed by atoms with E-state index >= 15 is 0 Å². The highest BCUT2D eigenvalue weighted by Gasteiger charge is 2.19. The number of hydrogen-bond acceptors (Lipinski definition) is 2. The van der Waals surface area contributed by atoms with Gasteiger partial charge in [-0.2, -0.15) is 0 Å². The molecule has 1 atom stereocenters. The Kier molecular flexibility index (Phi) is 5.86. The molecule has 0 saturated heterocycles. The van der Waals surface area contributed by atoms with Gasteiger partial charge in [-0.3, -0.25) is 4.79 Å². The lowest BCUT2D eigenvalue weighted by atomic mass is 10.1. The highest BCUT2D eigenvalue weighted by molar-refractivity contribution is 6.30. The molecule has 1 saturated carbocycles. The van der Waals surface area contributed by atoms with E-state index in [0.29, 0.717) is 11.1 Å². The fourth-order valence-electron chi connectivity index (χ4n) is 2.69. The van der Waals surface area contributed by atoms with Crippen LogP contribution < -0.4 is 10.6 Å². The van der Waals surface area contributed by atoms with Crippen molar-refractivity contribution < 1.29 is 4.79 Å². The average molecular weight is 295 g/mol. The normalized spacial score (nSPS) is 18.3. The summed E-state index contributed by atoms with van der Waals surface area (Å²) in [5.41, 5.74) is 0.747. The number of rotatable bonds is 4. The molecule has 3 nitrogen and oxygen atoms in total. The van der Waals surface area contributed by atoms with Crippen molar-refractivity contribution in [3.63, 3.8) is 0 Å². The van der Waals surface area contributed by atoms with Crippen molar-refractivity contribution in [1.29, 1.82) is 0 Å². The van der Waals surface area contributed by atoms with Crippen molar-refractivity contribution in [2.75, 3.05) is 5.32 Å². The van der Waals surface area contributed by atoms with Gasteiger partial charge in [-0.15, -0.1) is 0 Å². The Morgan fingerprint density at radius 1 is 1.25 bits per heavy atom. The molecule has 1 aromatic rings. The average Bonchev–Trinajstić information content (AvgIpc) is 2.67. The number of anilines is 1. The molecule has 0 bridgehead atoms. The van der Waals surface area contributed by atoms with Gasteiger partial charge >= 0.3 is 0 Å². The highest BCUT2D eigenvalue weighted by Crippen LogP contribution is 2.18. The van der Waals surface area contributed by atoms with Crippen LogP contribution in [0.4, 0.5) is 5.69 Å². The van der Waals surface area contributed by atoms with Gasteiger partial charge in [0.2, 0.25) is 5.91 Å². The van der Waals surface area contributed by atoms with Gasteiger partial charge in [0.25, 0.3) is 0 Å². The van der Waals surface area contributed by atoms with Crippen LogP contribution in [0.5, 0.6) is 0 Å². The molecule has 0 unspecified atom stereocenters. The van der Waals surface area contributed by atoms with Crippen LogP contribution in [0.2, 0.25) is 5.02 Å². The number of carbonyl (C=O) groups excluding carboxylic acids is 1. The Morgan fingerprint density at radius 3 is 2.60 bits per heavy atom. The van der Waals surface area contributed by atoms with Crippen LogP contribution in [0.25, 0.3) is 0 Å². The van der Waals surface area contributed by atoms with Gasteiger partial charge in [0.05, 0.1) is 6.04 Å². The summed E-state index contributed by atoms with van der Waals surface area (Å²) in [6, 6.07) is 7.53. The van der Waals surface area contributed by atoms with Gasteiger partial charge in [-0.1, -0.05) is 43.4 Å². The standard InChI is InChI=1S/C16H23ClN2O/c1-12(18-14-8-4-2-3-5-9-14)16(20)19-15-10-6-7-13(17)11-15/h6-7,10-12,14,18H,2-5,8-9H2,1H3,(H,19,20)/t12-/m0/s1. The zero-order valence-corrected chi connectivity index (χ0v) is 12.7. The minimum absolute atomic E-state index is 0.00323.